The van der Waals surface area contributed by atoms with Crippen molar-refractivity contribution in [2.24, 2.45) is 0 Å². The van der Waals surface area contributed by atoms with Gasteiger partial charge in [0, 0.05) is 25.7 Å². The zero-order valence-electron chi connectivity index (χ0n) is 12.8. The largest absolute Gasteiger partial charge is 0.455 e. The average Bonchev–Trinajstić information content (AvgIpc) is 3.14. The van der Waals surface area contributed by atoms with Crippen LogP contribution in [0.5, 0.6) is 0 Å². The minimum atomic E-state index is -3.59. The lowest BCUT2D eigenvalue weighted by molar-refractivity contribution is 0.413. The van der Waals surface area contributed by atoms with Crippen molar-refractivity contribution in [3.8, 4) is 23.0 Å². The second kappa shape index (κ2) is 5.64. The van der Waals surface area contributed by atoms with Crippen LogP contribution in [0.4, 0.5) is 0 Å². The Kier molecular flexibility index (Phi) is 3.78. The molecular weight excluding hydrogens is 318 g/mol. The van der Waals surface area contributed by atoms with E-state index in [2.05, 4.69) is 10.1 Å². The van der Waals surface area contributed by atoms with Crippen molar-refractivity contribution in [1.29, 1.82) is 0 Å². The van der Waals surface area contributed by atoms with Crippen LogP contribution in [0.3, 0.4) is 0 Å². The summed E-state index contributed by atoms with van der Waals surface area (Å²) in [6.07, 6.45) is 0. The van der Waals surface area contributed by atoms with Crippen molar-refractivity contribution < 1.29 is 17.4 Å². The molecule has 0 aliphatic rings. The van der Waals surface area contributed by atoms with Crippen LogP contribution in [0.15, 0.2) is 50.2 Å². The second-order valence-electron chi connectivity index (χ2n) is 5.11. The molecule has 0 amide bonds. The molecule has 0 spiro atoms. The van der Waals surface area contributed by atoms with E-state index in [9.17, 15) is 8.42 Å². The third-order valence-corrected chi connectivity index (χ3v) is 5.22. The van der Waals surface area contributed by atoms with E-state index in [1.165, 1.54) is 20.2 Å². The predicted octanol–water partition coefficient (Wildman–Crippen LogP) is 2.56. The zero-order valence-corrected chi connectivity index (χ0v) is 13.7. The first kappa shape index (κ1) is 15.4. The van der Waals surface area contributed by atoms with Gasteiger partial charge < -0.3 is 8.94 Å². The number of benzene rings is 1. The number of aromatic nitrogens is 2. The average molecular weight is 333 g/mol. The highest BCUT2D eigenvalue weighted by atomic mass is 32.2. The summed E-state index contributed by atoms with van der Waals surface area (Å²) in [7, 11) is -0.670. The fourth-order valence-electron chi connectivity index (χ4n) is 2.05. The van der Waals surface area contributed by atoms with E-state index in [1.807, 2.05) is 30.3 Å². The van der Waals surface area contributed by atoms with E-state index in [4.69, 9.17) is 8.94 Å². The van der Waals surface area contributed by atoms with Crippen LogP contribution in [0, 0.1) is 6.92 Å². The van der Waals surface area contributed by atoms with Gasteiger partial charge in [0.05, 0.1) is 0 Å². The number of aryl methyl sites for hydroxylation is 1. The van der Waals surface area contributed by atoms with Gasteiger partial charge in [-0.15, -0.1) is 0 Å². The normalized spacial score (nSPS) is 12.0. The SMILES string of the molecule is Cc1oc(-c2nc(-c3ccccc3)no2)cc1S(=O)(=O)N(C)C. The van der Waals surface area contributed by atoms with E-state index in [0.717, 1.165) is 9.87 Å². The Bertz CT molecular complexity index is 927. The summed E-state index contributed by atoms with van der Waals surface area (Å²) < 4.78 is 36.2. The first-order valence-electron chi connectivity index (χ1n) is 6.82. The number of sulfonamides is 1. The summed E-state index contributed by atoms with van der Waals surface area (Å²) in [5.74, 6) is 1.03. The minimum absolute atomic E-state index is 0.0805. The van der Waals surface area contributed by atoms with Crippen LogP contribution < -0.4 is 0 Å². The Labute approximate surface area is 133 Å². The summed E-state index contributed by atoms with van der Waals surface area (Å²) in [5.41, 5.74) is 0.798. The Balaban J connectivity index is 2.00. The van der Waals surface area contributed by atoms with Crippen molar-refractivity contribution in [3.05, 3.63) is 42.2 Å². The smallest absolute Gasteiger partial charge is 0.293 e. The van der Waals surface area contributed by atoms with E-state index >= 15 is 0 Å². The molecule has 3 aromatic rings. The number of nitrogens with zero attached hydrogens (tertiary/aromatic N) is 3. The molecular formula is C15H15N3O4S. The van der Waals surface area contributed by atoms with Gasteiger partial charge in [0.1, 0.15) is 10.7 Å². The maximum Gasteiger partial charge on any atom is 0.293 e. The molecule has 0 saturated heterocycles. The molecule has 3 rings (SSSR count). The van der Waals surface area contributed by atoms with Crippen LogP contribution >= 0.6 is 0 Å². The highest BCUT2D eigenvalue weighted by Crippen LogP contribution is 2.29. The molecule has 1 aromatic carbocycles. The quantitative estimate of drug-likeness (QED) is 0.729. The highest BCUT2D eigenvalue weighted by molar-refractivity contribution is 7.89. The topological polar surface area (TPSA) is 89.4 Å². The van der Waals surface area contributed by atoms with E-state index < -0.39 is 10.0 Å². The molecule has 0 unspecified atom stereocenters. The van der Waals surface area contributed by atoms with Gasteiger partial charge in [0.25, 0.3) is 5.89 Å². The Morgan fingerprint density at radius 1 is 1.13 bits per heavy atom. The maximum absolute atomic E-state index is 12.2. The molecule has 7 nitrogen and oxygen atoms in total. The lowest BCUT2D eigenvalue weighted by atomic mass is 10.2. The lowest BCUT2D eigenvalue weighted by Gasteiger charge is -2.09. The minimum Gasteiger partial charge on any atom is -0.455 e. The molecule has 2 heterocycles. The van der Waals surface area contributed by atoms with Crippen molar-refractivity contribution in [2.75, 3.05) is 14.1 Å². The van der Waals surface area contributed by atoms with Gasteiger partial charge in [-0.3, -0.25) is 0 Å². The molecule has 0 N–H and O–H groups in total. The van der Waals surface area contributed by atoms with Crippen LogP contribution in [-0.4, -0.2) is 37.0 Å². The molecule has 23 heavy (non-hydrogen) atoms. The molecule has 0 atom stereocenters. The molecule has 0 fully saturated rings. The van der Waals surface area contributed by atoms with Gasteiger partial charge in [0.15, 0.2) is 5.76 Å². The van der Waals surface area contributed by atoms with E-state index in [0.29, 0.717) is 5.82 Å². The Morgan fingerprint density at radius 3 is 2.48 bits per heavy atom. The Hall–Kier alpha value is -2.45. The lowest BCUT2D eigenvalue weighted by Crippen LogP contribution is -2.22. The molecule has 0 bridgehead atoms. The molecule has 0 radical (unpaired) electrons. The maximum atomic E-state index is 12.2. The summed E-state index contributed by atoms with van der Waals surface area (Å²) in [6, 6.07) is 10.7. The van der Waals surface area contributed by atoms with E-state index in [1.54, 1.807) is 6.92 Å². The first-order valence-corrected chi connectivity index (χ1v) is 8.26. The van der Waals surface area contributed by atoms with Crippen LogP contribution in [-0.2, 0) is 10.0 Å². The van der Waals surface area contributed by atoms with Crippen molar-refractivity contribution in [2.45, 2.75) is 11.8 Å². The highest BCUT2D eigenvalue weighted by Gasteiger charge is 2.26. The van der Waals surface area contributed by atoms with E-state index in [-0.39, 0.29) is 22.3 Å². The fourth-order valence-corrected chi connectivity index (χ4v) is 3.11. The molecule has 8 heteroatoms. The van der Waals surface area contributed by atoms with Gasteiger partial charge in [-0.1, -0.05) is 35.5 Å². The molecule has 0 saturated carbocycles. The summed E-state index contributed by atoms with van der Waals surface area (Å²) in [5, 5.41) is 3.89. The third kappa shape index (κ3) is 2.78. The van der Waals surface area contributed by atoms with Gasteiger partial charge in [-0.2, -0.15) is 4.98 Å². The molecule has 120 valence electrons. The number of hydrogen-bond acceptors (Lipinski definition) is 6. The zero-order chi connectivity index (χ0) is 16.6. The number of hydrogen-bond donors (Lipinski definition) is 0. The first-order chi connectivity index (χ1) is 10.9. The predicted molar refractivity (Wildman–Crippen MR) is 83.0 cm³/mol. The van der Waals surface area contributed by atoms with Gasteiger partial charge in [-0.25, -0.2) is 12.7 Å². The van der Waals surface area contributed by atoms with Crippen LogP contribution in [0.25, 0.3) is 23.0 Å². The van der Waals surface area contributed by atoms with Crippen molar-refractivity contribution in [3.63, 3.8) is 0 Å². The number of rotatable bonds is 4. The molecule has 0 aliphatic heterocycles. The molecule has 0 aliphatic carbocycles. The van der Waals surface area contributed by atoms with Crippen molar-refractivity contribution >= 4 is 10.0 Å². The number of furan rings is 1. The standard InChI is InChI=1S/C15H15N3O4S/c1-10-13(23(19,20)18(2)3)9-12(21-10)15-16-14(17-22-15)11-7-5-4-6-8-11/h4-9H,1-3H3. The third-order valence-electron chi connectivity index (χ3n) is 3.30. The summed E-state index contributed by atoms with van der Waals surface area (Å²) >= 11 is 0. The van der Waals surface area contributed by atoms with Gasteiger partial charge >= 0.3 is 0 Å². The summed E-state index contributed by atoms with van der Waals surface area (Å²) in [6.45, 7) is 1.58. The molecule has 2 aromatic heterocycles. The monoisotopic (exact) mass is 333 g/mol. The van der Waals surface area contributed by atoms with Gasteiger partial charge in [-0.05, 0) is 6.92 Å². The summed E-state index contributed by atoms with van der Waals surface area (Å²) in [4.78, 5) is 4.33. The fraction of sp³-hybridized carbons (Fsp3) is 0.200. The van der Waals surface area contributed by atoms with Gasteiger partial charge in [0.2, 0.25) is 15.8 Å². The van der Waals surface area contributed by atoms with Crippen LogP contribution in [0.2, 0.25) is 0 Å². The van der Waals surface area contributed by atoms with Crippen molar-refractivity contribution in [1.82, 2.24) is 14.4 Å². The van der Waals surface area contributed by atoms with Crippen LogP contribution in [0.1, 0.15) is 5.76 Å². The Morgan fingerprint density at radius 2 is 1.83 bits per heavy atom. The second-order valence-corrected chi connectivity index (χ2v) is 7.23.